The van der Waals surface area contributed by atoms with Gasteiger partial charge < -0.3 is 0 Å². The summed E-state index contributed by atoms with van der Waals surface area (Å²) < 4.78 is 32.9. The van der Waals surface area contributed by atoms with Gasteiger partial charge >= 0.3 is 10.2 Å². The van der Waals surface area contributed by atoms with E-state index >= 15 is 0 Å². The minimum Gasteiger partial charge on any atom is -0.189 e. The van der Waals surface area contributed by atoms with Gasteiger partial charge in [0.2, 0.25) is 0 Å². The van der Waals surface area contributed by atoms with Crippen LogP contribution < -0.4 is 0 Å². The fourth-order valence-corrected chi connectivity index (χ4v) is 3.17. The molecule has 0 unspecified atom stereocenters. The van der Waals surface area contributed by atoms with Crippen molar-refractivity contribution in [2.75, 3.05) is 0 Å². The van der Waals surface area contributed by atoms with Crippen molar-refractivity contribution >= 4 is 37.5 Å². The van der Waals surface area contributed by atoms with Crippen LogP contribution in [0.4, 0.5) is 3.89 Å². The number of hydrogen-bond acceptors (Lipinski definition) is 3. The highest BCUT2D eigenvalue weighted by Gasteiger charge is 2.15. The monoisotopic (exact) mass is 244 g/mol. The highest BCUT2D eigenvalue weighted by atomic mass is 79.9. The molecule has 2 nitrogen and oxygen atoms in total. The van der Waals surface area contributed by atoms with Crippen LogP contribution >= 0.6 is 27.3 Å². The van der Waals surface area contributed by atoms with Gasteiger partial charge in [0.05, 0.1) is 0 Å². The Bertz CT molecular complexity index is 329. The zero-order valence-corrected chi connectivity index (χ0v) is 7.76. The smallest absolute Gasteiger partial charge is 0.189 e. The summed E-state index contributed by atoms with van der Waals surface area (Å²) in [5.41, 5.74) is 0. The molecule has 0 fully saturated rings. The average molecular weight is 245 g/mol. The first-order chi connectivity index (χ1) is 4.52. The third-order valence-corrected chi connectivity index (χ3v) is 3.82. The third-order valence-electron chi connectivity index (χ3n) is 0.845. The predicted molar refractivity (Wildman–Crippen MR) is 40.3 cm³/mol. The standard InChI is InChI=1S/C4H2BrFO2S2/c5-3-1-9-2-4(3)10(6,7)8/h1-2H. The Hall–Kier alpha value is 0.0600. The third kappa shape index (κ3) is 1.56. The Labute approximate surface area is 70.0 Å². The lowest BCUT2D eigenvalue weighted by atomic mass is 10.7. The number of hydrogen-bond donors (Lipinski definition) is 0. The molecule has 0 aliphatic heterocycles. The SMILES string of the molecule is O=S(=O)(F)c1cscc1Br. The molecular formula is C4H2BrFO2S2. The van der Waals surface area contributed by atoms with Crippen LogP contribution in [0.2, 0.25) is 0 Å². The summed E-state index contributed by atoms with van der Waals surface area (Å²) in [7, 11) is -4.53. The first kappa shape index (κ1) is 8.16. The molecule has 0 aliphatic rings. The van der Waals surface area contributed by atoms with Gasteiger partial charge in [-0.05, 0) is 15.9 Å². The van der Waals surface area contributed by atoms with Crippen LogP contribution in [0.1, 0.15) is 0 Å². The molecule has 0 radical (unpaired) electrons. The summed E-state index contributed by atoms with van der Waals surface area (Å²) in [6, 6.07) is 0. The van der Waals surface area contributed by atoms with Crippen molar-refractivity contribution in [2.45, 2.75) is 4.90 Å². The largest absolute Gasteiger partial charge is 0.334 e. The second-order valence-corrected chi connectivity index (χ2v) is 4.44. The van der Waals surface area contributed by atoms with Crippen LogP contribution in [0.15, 0.2) is 20.1 Å². The fourth-order valence-electron chi connectivity index (χ4n) is 0.444. The van der Waals surface area contributed by atoms with Crippen LogP contribution in [0.3, 0.4) is 0 Å². The van der Waals surface area contributed by atoms with Gasteiger partial charge in [-0.25, -0.2) is 0 Å². The van der Waals surface area contributed by atoms with Crippen molar-refractivity contribution < 1.29 is 12.3 Å². The van der Waals surface area contributed by atoms with E-state index in [1.165, 1.54) is 10.8 Å². The van der Waals surface area contributed by atoms with E-state index in [0.29, 0.717) is 0 Å². The second-order valence-electron chi connectivity index (χ2n) is 1.52. The maximum atomic E-state index is 12.2. The molecule has 1 heterocycles. The highest BCUT2D eigenvalue weighted by Crippen LogP contribution is 2.26. The lowest BCUT2D eigenvalue weighted by Gasteiger charge is -1.86. The zero-order chi connectivity index (χ0) is 7.78. The Kier molecular flexibility index (Phi) is 2.12. The van der Waals surface area contributed by atoms with Crippen molar-refractivity contribution in [3.8, 4) is 0 Å². The van der Waals surface area contributed by atoms with Crippen LogP contribution in [0.25, 0.3) is 0 Å². The molecule has 0 saturated heterocycles. The first-order valence-corrected chi connectivity index (χ1v) is 5.30. The molecule has 0 atom stereocenters. The molecule has 0 saturated carbocycles. The Morgan fingerprint density at radius 3 is 2.30 bits per heavy atom. The molecule has 10 heavy (non-hydrogen) atoms. The summed E-state index contributed by atoms with van der Waals surface area (Å²) in [6.07, 6.45) is 0. The van der Waals surface area contributed by atoms with Gasteiger partial charge in [-0.2, -0.15) is 8.42 Å². The van der Waals surface area contributed by atoms with Gasteiger partial charge in [-0.1, -0.05) is 0 Å². The van der Waals surface area contributed by atoms with Gasteiger partial charge in [0.15, 0.2) is 0 Å². The Morgan fingerprint density at radius 1 is 1.50 bits per heavy atom. The summed E-state index contributed by atoms with van der Waals surface area (Å²) in [4.78, 5) is -0.294. The van der Waals surface area contributed by atoms with Crippen molar-refractivity contribution in [1.29, 1.82) is 0 Å². The minimum absolute atomic E-state index is 0.278. The van der Waals surface area contributed by atoms with Crippen molar-refractivity contribution in [3.63, 3.8) is 0 Å². The molecule has 0 aliphatic carbocycles. The van der Waals surface area contributed by atoms with Gasteiger partial charge in [0, 0.05) is 15.2 Å². The summed E-state index contributed by atoms with van der Waals surface area (Å²) in [5, 5.41) is 2.74. The molecule has 0 bridgehead atoms. The highest BCUT2D eigenvalue weighted by molar-refractivity contribution is 9.10. The van der Waals surface area contributed by atoms with E-state index in [1.807, 2.05) is 0 Å². The number of halogens is 2. The van der Waals surface area contributed by atoms with E-state index in [-0.39, 0.29) is 9.37 Å². The molecule has 1 aromatic heterocycles. The minimum atomic E-state index is -4.53. The molecule has 56 valence electrons. The van der Waals surface area contributed by atoms with E-state index in [0.717, 1.165) is 11.3 Å². The van der Waals surface area contributed by atoms with Crippen LogP contribution in [0.5, 0.6) is 0 Å². The Balaban J connectivity index is 3.32. The van der Waals surface area contributed by atoms with E-state index in [9.17, 15) is 12.3 Å². The van der Waals surface area contributed by atoms with Gasteiger partial charge in [-0.3, -0.25) is 0 Å². The zero-order valence-electron chi connectivity index (χ0n) is 4.54. The topological polar surface area (TPSA) is 34.1 Å². The van der Waals surface area contributed by atoms with Crippen molar-refractivity contribution in [3.05, 3.63) is 15.2 Å². The van der Waals surface area contributed by atoms with E-state index in [1.54, 1.807) is 0 Å². The molecule has 0 aromatic carbocycles. The number of thiophene rings is 1. The summed E-state index contributed by atoms with van der Waals surface area (Å²) in [6.45, 7) is 0. The normalized spacial score (nSPS) is 11.8. The predicted octanol–water partition coefficient (Wildman–Crippen LogP) is 2.17. The van der Waals surface area contributed by atoms with Crippen molar-refractivity contribution in [2.24, 2.45) is 0 Å². The fraction of sp³-hybridized carbons (Fsp3) is 0. The van der Waals surface area contributed by atoms with Crippen LogP contribution in [-0.2, 0) is 10.2 Å². The summed E-state index contributed by atoms with van der Waals surface area (Å²) in [5.74, 6) is 0. The average Bonchev–Trinajstić information content (AvgIpc) is 2.11. The molecule has 1 rings (SSSR count). The molecule has 1 aromatic rings. The lowest BCUT2D eigenvalue weighted by molar-refractivity contribution is 0.552. The summed E-state index contributed by atoms with van der Waals surface area (Å²) >= 11 is 4.02. The van der Waals surface area contributed by atoms with Gasteiger partial charge in [-0.15, -0.1) is 15.2 Å². The Morgan fingerprint density at radius 2 is 2.10 bits per heavy atom. The molecule has 0 spiro atoms. The van der Waals surface area contributed by atoms with Crippen molar-refractivity contribution in [1.82, 2.24) is 0 Å². The lowest BCUT2D eigenvalue weighted by Crippen LogP contribution is -1.88. The van der Waals surface area contributed by atoms with E-state index in [4.69, 9.17) is 0 Å². The maximum Gasteiger partial charge on any atom is 0.334 e. The quantitative estimate of drug-likeness (QED) is 0.710. The van der Waals surface area contributed by atoms with E-state index < -0.39 is 10.2 Å². The molecule has 0 amide bonds. The van der Waals surface area contributed by atoms with Crippen LogP contribution in [-0.4, -0.2) is 8.42 Å². The maximum absolute atomic E-state index is 12.2. The molecular weight excluding hydrogens is 243 g/mol. The first-order valence-electron chi connectivity index (χ1n) is 2.18. The molecule has 6 heteroatoms. The van der Waals surface area contributed by atoms with Gasteiger partial charge in [0.25, 0.3) is 0 Å². The number of rotatable bonds is 1. The van der Waals surface area contributed by atoms with Crippen LogP contribution in [0, 0.1) is 0 Å². The van der Waals surface area contributed by atoms with Gasteiger partial charge in [0.1, 0.15) is 4.90 Å². The molecule has 0 N–H and O–H groups in total. The second kappa shape index (κ2) is 2.60. The van der Waals surface area contributed by atoms with E-state index in [2.05, 4.69) is 15.9 Å².